The van der Waals surface area contributed by atoms with Crippen LogP contribution >= 0.6 is 0 Å². The Kier molecular flexibility index (Phi) is 17.0. The second kappa shape index (κ2) is 19.6. The summed E-state index contributed by atoms with van der Waals surface area (Å²) in [6.45, 7) is 11.3. The molecule has 0 bridgehead atoms. The lowest BCUT2D eigenvalue weighted by Gasteiger charge is -2.28. The number of carbonyl (C=O) groups is 4. The van der Waals surface area contributed by atoms with E-state index in [1.807, 2.05) is 27.7 Å². The van der Waals surface area contributed by atoms with Crippen LogP contribution in [0, 0.1) is 11.8 Å². The quantitative estimate of drug-likeness (QED) is 0.0824. The lowest BCUT2D eigenvalue weighted by molar-refractivity contribution is -0.139. The number of hydrogen-bond acceptors (Lipinski definition) is 11. The van der Waals surface area contributed by atoms with Crippen LogP contribution in [0.4, 0.5) is 14.4 Å². The van der Waals surface area contributed by atoms with Crippen molar-refractivity contribution in [2.24, 2.45) is 17.6 Å². The molecule has 3 N–H and O–H groups in total. The number of aliphatic carboxylic acids is 1. The van der Waals surface area contributed by atoms with Gasteiger partial charge in [-0.05, 0) is 49.3 Å². The third-order valence-corrected chi connectivity index (χ3v) is 6.64. The molecule has 238 valence electrons. The molecule has 42 heavy (non-hydrogen) atoms. The van der Waals surface area contributed by atoms with Gasteiger partial charge in [-0.3, -0.25) is 4.79 Å². The highest BCUT2D eigenvalue weighted by atomic mass is 16.7. The van der Waals surface area contributed by atoms with E-state index < -0.39 is 42.3 Å². The van der Waals surface area contributed by atoms with Crippen LogP contribution in [0.5, 0.6) is 11.5 Å². The average Bonchev–Trinajstić information content (AvgIpc) is 2.93. The minimum Gasteiger partial charge on any atom is -0.480 e. The Labute approximate surface area is 248 Å². The van der Waals surface area contributed by atoms with E-state index in [4.69, 9.17) is 34.2 Å². The molecule has 12 nitrogen and oxygen atoms in total. The van der Waals surface area contributed by atoms with Gasteiger partial charge in [0, 0.05) is 5.92 Å². The SMILES string of the molecule is CCCCCOC(=O)Oc1ccc(C(C(C)COC(=O)OC(C)C(C)C)[C@H](N)C(=O)O)cc1OC(=O)OCCCCC. The smallest absolute Gasteiger partial charge is 0.480 e. The fraction of sp³-hybridized carbons (Fsp3) is 0.667. The van der Waals surface area contributed by atoms with E-state index in [1.165, 1.54) is 18.2 Å². The maximum absolute atomic E-state index is 12.4. The Morgan fingerprint density at radius 3 is 1.83 bits per heavy atom. The van der Waals surface area contributed by atoms with Crippen LogP contribution in [0.15, 0.2) is 18.2 Å². The van der Waals surface area contributed by atoms with Crippen molar-refractivity contribution in [1.82, 2.24) is 0 Å². The summed E-state index contributed by atoms with van der Waals surface area (Å²) < 4.78 is 31.3. The number of ether oxygens (including phenoxy) is 6. The van der Waals surface area contributed by atoms with Gasteiger partial charge < -0.3 is 39.3 Å². The predicted octanol–water partition coefficient (Wildman–Crippen LogP) is 6.43. The van der Waals surface area contributed by atoms with Crippen molar-refractivity contribution in [3.63, 3.8) is 0 Å². The second-order valence-corrected chi connectivity index (χ2v) is 10.5. The number of carboxylic acids is 1. The largest absolute Gasteiger partial charge is 0.513 e. The van der Waals surface area contributed by atoms with E-state index >= 15 is 0 Å². The van der Waals surface area contributed by atoms with Gasteiger partial charge in [0.25, 0.3) is 0 Å². The fourth-order valence-corrected chi connectivity index (χ4v) is 3.82. The Hall–Kier alpha value is -3.54. The molecule has 0 aliphatic heterocycles. The van der Waals surface area contributed by atoms with Gasteiger partial charge in [0.05, 0.1) is 19.8 Å². The first-order valence-corrected chi connectivity index (χ1v) is 14.6. The summed E-state index contributed by atoms with van der Waals surface area (Å²) in [7, 11) is 0. The highest BCUT2D eigenvalue weighted by Crippen LogP contribution is 2.36. The fourth-order valence-electron chi connectivity index (χ4n) is 3.82. The molecule has 0 saturated carbocycles. The summed E-state index contributed by atoms with van der Waals surface area (Å²) in [5, 5.41) is 9.72. The third kappa shape index (κ3) is 13.4. The summed E-state index contributed by atoms with van der Waals surface area (Å²) in [4.78, 5) is 48.8. The van der Waals surface area contributed by atoms with E-state index in [0.29, 0.717) is 18.4 Å². The number of benzene rings is 1. The van der Waals surface area contributed by atoms with Crippen molar-refractivity contribution < 1.29 is 52.7 Å². The number of rotatable bonds is 18. The third-order valence-electron chi connectivity index (χ3n) is 6.64. The zero-order valence-corrected chi connectivity index (χ0v) is 25.6. The summed E-state index contributed by atoms with van der Waals surface area (Å²) in [6, 6.07) is 2.76. The van der Waals surface area contributed by atoms with Crippen LogP contribution in [-0.2, 0) is 23.7 Å². The molecule has 0 amide bonds. The summed E-state index contributed by atoms with van der Waals surface area (Å²) in [5.41, 5.74) is 6.39. The van der Waals surface area contributed by atoms with Gasteiger partial charge in [-0.1, -0.05) is 66.4 Å². The molecular formula is C30H47NO11. The van der Waals surface area contributed by atoms with Gasteiger partial charge >= 0.3 is 24.4 Å². The molecule has 12 heteroatoms. The molecule has 0 aromatic heterocycles. The van der Waals surface area contributed by atoms with Crippen molar-refractivity contribution in [1.29, 1.82) is 0 Å². The van der Waals surface area contributed by atoms with E-state index in [-0.39, 0.29) is 43.3 Å². The molecule has 4 atom stereocenters. The number of unbranched alkanes of at least 4 members (excludes halogenated alkanes) is 4. The Morgan fingerprint density at radius 2 is 1.33 bits per heavy atom. The molecule has 3 unspecified atom stereocenters. The standard InChI is InChI=1S/C30H47NO11/c1-7-9-11-15-37-28(34)41-23-14-13-22(17-24(23)42-29(35)38-16-12-10-8-2)25(26(31)27(32)33)20(5)18-39-30(36)40-21(6)19(3)4/h13-14,17,19-21,25-26H,7-12,15-16,18,31H2,1-6H3,(H,32,33)/t20?,21?,25?,26-/m0/s1. The van der Waals surface area contributed by atoms with Crippen LogP contribution in [-0.4, -0.2) is 61.5 Å². The normalized spacial score (nSPS) is 13.8. The van der Waals surface area contributed by atoms with Gasteiger partial charge in [0.2, 0.25) is 0 Å². The zero-order valence-electron chi connectivity index (χ0n) is 25.6. The maximum Gasteiger partial charge on any atom is 0.513 e. The first-order valence-electron chi connectivity index (χ1n) is 14.6. The lowest BCUT2D eigenvalue weighted by Crippen LogP contribution is -2.40. The second-order valence-electron chi connectivity index (χ2n) is 10.5. The van der Waals surface area contributed by atoms with Crippen molar-refractivity contribution >= 4 is 24.4 Å². The van der Waals surface area contributed by atoms with Crippen LogP contribution in [0.2, 0.25) is 0 Å². The van der Waals surface area contributed by atoms with Crippen LogP contribution in [0.3, 0.4) is 0 Å². The molecule has 0 heterocycles. The van der Waals surface area contributed by atoms with Gasteiger partial charge in [-0.2, -0.15) is 0 Å². The molecule has 0 spiro atoms. The van der Waals surface area contributed by atoms with Crippen LogP contribution in [0.1, 0.15) is 91.5 Å². The van der Waals surface area contributed by atoms with E-state index in [9.17, 15) is 24.3 Å². The number of carbonyl (C=O) groups excluding carboxylic acids is 3. The molecule has 1 aromatic carbocycles. The first-order chi connectivity index (χ1) is 19.9. The molecule has 0 aliphatic rings. The molecule has 0 fully saturated rings. The monoisotopic (exact) mass is 597 g/mol. The average molecular weight is 598 g/mol. The van der Waals surface area contributed by atoms with Crippen molar-refractivity contribution in [2.45, 2.75) is 98.1 Å². The first kappa shape index (κ1) is 36.5. The maximum atomic E-state index is 12.4. The van der Waals surface area contributed by atoms with Crippen LogP contribution in [0.25, 0.3) is 0 Å². The minimum absolute atomic E-state index is 0.0780. The van der Waals surface area contributed by atoms with Gasteiger partial charge in [-0.15, -0.1) is 0 Å². The molecule has 0 saturated heterocycles. The van der Waals surface area contributed by atoms with Crippen molar-refractivity contribution in [3.8, 4) is 11.5 Å². The van der Waals surface area contributed by atoms with E-state index in [2.05, 4.69) is 0 Å². The number of carboxylic acid groups (broad SMARTS) is 1. The Balaban J connectivity index is 3.23. The highest BCUT2D eigenvalue weighted by molar-refractivity contribution is 5.75. The Bertz CT molecular complexity index is 997. The topological polar surface area (TPSA) is 170 Å². The van der Waals surface area contributed by atoms with Crippen molar-refractivity contribution in [3.05, 3.63) is 23.8 Å². The lowest BCUT2D eigenvalue weighted by atomic mass is 9.82. The van der Waals surface area contributed by atoms with Gasteiger partial charge in [0.1, 0.15) is 12.1 Å². The van der Waals surface area contributed by atoms with Crippen LogP contribution < -0.4 is 15.2 Å². The molecule has 0 aliphatic carbocycles. The molecule has 1 aromatic rings. The molecule has 0 radical (unpaired) electrons. The van der Waals surface area contributed by atoms with E-state index in [1.54, 1.807) is 13.8 Å². The number of nitrogens with two attached hydrogens (primary N) is 1. The van der Waals surface area contributed by atoms with E-state index in [0.717, 1.165) is 25.7 Å². The summed E-state index contributed by atoms with van der Waals surface area (Å²) in [5.74, 6) is -3.06. The zero-order chi connectivity index (χ0) is 31.7. The molecule has 1 rings (SSSR count). The summed E-state index contributed by atoms with van der Waals surface area (Å²) in [6.07, 6.45) is 1.64. The summed E-state index contributed by atoms with van der Waals surface area (Å²) >= 11 is 0. The predicted molar refractivity (Wildman–Crippen MR) is 154 cm³/mol. The molecular weight excluding hydrogens is 550 g/mol. The van der Waals surface area contributed by atoms with Gasteiger partial charge in [-0.25, -0.2) is 14.4 Å². The highest BCUT2D eigenvalue weighted by Gasteiger charge is 2.33. The van der Waals surface area contributed by atoms with Gasteiger partial charge in [0.15, 0.2) is 11.5 Å². The van der Waals surface area contributed by atoms with Crippen molar-refractivity contribution in [2.75, 3.05) is 19.8 Å². The Morgan fingerprint density at radius 1 is 0.786 bits per heavy atom. The number of hydrogen-bond donors (Lipinski definition) is 2. The minimum atomic E-state index is -1.42.